The predicted octanol–water partition coefficient (Wildman–Crippen LogP) is 4.12. The third-order valence-electron chi connectivity index (χ3n) is 1.76. The van der Waals surface area contributed by atoms with Crippen LogP contribution in [0.2, 0.25) is 0 Å². The Labute approximate surface area is 78.6 Å². The molecule has 0 saturated heterocycles. The molecule has 0 spiro atoms. The van der Waals surface area contributed by atoms with Crippen molar-refractivity contribution in [3.05, 3.63) is 21.1 Å². The highest BCUT2D eigenvalue weighted by molar-refractivity contribution is 9.11. The van der Waals surface area contributed by atoms with Gasteiger partial charge in [-0.1, -0.05) is 43.0 Å². The molecule has 0 bridgehead atoms. The average Bonchev–Trinajstić information content (AvgIpc) is 2.05. The molecule has 0 N–H and O–H groups in total. The zero-order chi connectivity index (χ0) is 7.40. The predicted molar refractivity (Wildman–Crippen MR) is 52.5 cm³/mol. The molecule has 0 amide bonds. The second kappa shape index (κ2) is 4.35. The second-order valence-electron chi connectivity index (χ2n) is 2.57. The van der Waals surface area contributed by atoms with Crippen LogP contribution in [-0.4, -0.2) is 0 Å². The molecule has 0 radical (unpaired) electrons. The fraction of sp³-hybridized carbons (Fsp3) is 0.500. The molecule has 0 aromatic carbocycles. The lowest BCUT2D eigenvalue weighted by atomic mass is 9.93. The van der Waals surface area contributed by atoms with Gasteiger partial charge < -0.3 is 0 Å². The van der Waals surface area contributed by atoms with Crippen molar-refractivity contribution in [2.24, 2.45) is 0 Å². The van der Waals surface area contributed by atoms with Gasteiger partial charge in [-0.25, -0.2) is 0 Å². The van der Waals surface area contributed by atoms with E-state index in [1.54, 1.807) is 0 Å². The van der Waals surface area contributed by atoms with E-state index in [1.807, 2.05) is 0 Å². The van der Waals surface area contributed by atoms with Gasteiger partial charge in [0, 0.05) is 0 Å². The minimum Gasteiger partial charge on any atom is -0.0595 e. The highest BCUT2D eigenvalue weighted by atomic mass is 79.9. The van der Waals surface area contributed by atoms with Crippen LogP contribution < -0.4 is 0 Å². The van der Waals surface area contributed by atoms with Crippen molar-refractivity contribution in [1.29, 1.82) is 0 Å². The summed E-state index contributed by atoms with van der Waals surface area (Å²) in [5.74, 6) is 0. The van der Waals surface area contributed by atoms with Gasteiger partial charge in [0.05, 0.1) is 0 Å². The van der Waals surface area contributed by atoms with E-state index in [9.17, 15) is 0 Å². The molecule has 0 nitrogen and oxygen atoms in total. The standard InChI is InChI=1S/C8H10Br2/c9-5-7-2-1-3-8(4-7)6-10/h5-6H,1-4H2. The number of hydrogen-bond donors (Lipinski definition) is 0. The maximum Gasteiger partial charge on any atom is -0.00919 e. The first-order valence-corrected chi connectivity index (χ1v) is 5.26. The average molecular weight is 266 g/mol. The summed E-state index contributed by atoms with van der Waals surface area (Å²) in [6, 6.07) is 0. The Bertz CT molecular complexity index is 150. The summed E-state index contributed by atoms with van der Waals surface area (Å²) in [4.78, 5) is 4.12. The van der Waals surface area contributed by atoms with E-state index in [0.29, 0.717) is 0 Å². The van der Waals surface area contributed by atoms with Crippen molar-refractivity contribution in [3.63, 3.8) is 0 Å². The summed E-state index contributed by atoms with van der Waals surface area (Å²) in [7, 11) is 0. The lowest BCUT2D eigenvalue weighted by Gasteiger charge is -2.15. The van der Waals surface area contributed by atoms with Crippen LogP contribution in [0.15, 0.2) is 21.1 Å². The van der Waals surface area contributed by atoms with Gasteiger partial charge in [0.1, 0.15) is 0 Å². The molecule has 0 aliphatic heterocycles. The van der Waals surface area contributed by atoms with Crippen molar-refractivity contribution in [1.82, 2.24) is 0 Å². The monoisotopic (exact) mass is 264 g/mol. The van der Waals surface area contributed by atoms with Crippen molar-refractivity contribution < 1.29 is 0 Å². The lowest BCUT2D eigenvalue weighted by molar-refractivity contribution is 0.716. The van der Waals surface area contributed by atoms with E-state index in [2.05, 4.69) is 41.8 Å². The second-order valence-corrected chi connectivity index (χ2v) is 3.48. The molecule has 0 unspecified atom stereocenters. The molecule has 1 aliphatic rings. The molecular weight excluding hydrogens is 256 g/mol. The third kappa shape index (κ3) is 2.24. The summed E-state index contributed by atoms with van der Waals surface area (Å²) in [6.07, 6.45) is 4.97. The molecule has 0 atom stereocenters. The Morgan fingerprint density at radius 2 is 1.50 bits per heavy atom. The van der Waals surface area contributed by atoms with Gasteiger partial charge >= 0.3 is 0 Å². The Balaban J connectivity index is 2.56. The number of rotatable bonds is 0. The fourth-order valence-corrected chi connectivity index (χ4v) is 1.98. The van der Waals surface area contributed by atoms with Crippen LogP contribution in [0.4, 0.5) is 0 Å². The van der Waals surface area contributed by atoms with Gasteiger partial charge in [-0.15, -0.1) is 0 Å². The van der Waals surface area contributed by atoms with E-state index in [4.69, 9.17) is 0 Å². The molecule has 0 aromatic rings. The largest absolute Gasteiger partial charge is 0.0595 e. The first kappa shape index (κ1) is 8.54. The maximum atomic E-state index is 3.36. The molecule has 10 heavy (non-hydrogen) atoms. The highest BCUT2D eigenvalue weighted by Crippen LogP contribution is 2.28. The Hall–Kier alpha value is 0.440. The van der Waals surface area contributed by atoms with Crippen LogP contribution in [0.1, 0.15) is 25.7 Å². The van der Waals surface area contributed by atoms with Crippen molar-refractivity contribution in [2.75, 3.05) is 0 Å². The molecule has 1 saturated carbocycles. The molecule has 1 rings (SSSR count). The molecular formula is C8H10Br2. The molecule has 56 valence electrons. The minimum atomic E-state index is 1.15. The van der Waals surface area contributed by atoms with Gasteiger partial charge in [-0.3, -0.25) is 0 Å². The normalized spacial score (nSPS) is 27.8. The topological polar surface area (TPSA) is 0 Å². The number of allylic oxidation sites excluding steroid dienone is 2. The first-order valence-electron chi connectivity index (χ1n) is 3.43. The van der Waals surface area contributed by atoms with E-state index in [-0.39, 0.29) is 0 Å². The summed E-state index contributed by atoms with van der Waals surface area (Å²) < 4.78 is 0. The zero-order valence-corrected chi connectivity index (χ0v) is 8.91. The summed E-state index contributed by atoms with van der Waals surface area (Å²) in [6.45, 7) is 0. The SMILES string of the molecule is BrC=C1CCCC(=CBr)C1. The molecule has 1 aliphatic carbocycles. The molecule has 0 heterocycles. The van der Waals surface area contributed by atoms with Crippen LogP contribution >= 0.6 is 31.9 Å². The van der Waals surface area contributed by atoms with Gasteiger partial charge in [0.25, 0.3) is 0 Å². The van der Waals surface area contributed by atoms with E-state index in [0.717, 1.165) is 6.42 Å². The first-order chi connectivity index (χ1) is 4.86. The van der Waals surface area contributed by atoms with Crippen molar-refractivity contribution in [2.45, 2.75) is 25.7 Å². The Morgan fingerprint density at radius 1 is 1.00 bits per heavy atom. The number of halogens is 2. The zero-order valence-electron chi connectivity index (χ0n) is 5.74. The van der Waals surface area contributed by atoms with Gasteiger partial charge in [0.2, 0.25) is 0 Å². The van der Waals surface area contributed by atoms with E-state index < -0.39 is 0 Å². The number of hydrogen-bond acceptors (Lipinski definition) is 0. The summed E-state index contributed by atoms with van der Waals surface area (Å²) in [5.41, 5.74) is 3.02. The molecule has 1 fully saturated rings. The quantitative estimate of drug-likeness (QED) is 0.618. The fourth-order valence-electron chi connectivity index (χ4n) is 1.20. The smallest absolute Gasteiger partial charge is 0.00919 e. The molecule has 0 aromatic heterocycles. The van der Waals surface area contributed by atoms with E-state index >= 15 is 0 Å². The molecule has 2 heteroatoms. The van der Waals surface area contributed by atoms with Gasteiger partial charge in [0.15, 0.2) is 0 Å². The van der Waals surface area contributed by atoms with Crippen LogP contribution in [0.5, 0.6) is 0 Å². The van der Waals surface area contributed by atoms with E-state index in [1.165, 1.54) is 30.4 Å². The van der Waals surface area contributed by atoms with Gasteiger partial charge in [-0.2, -0.15) is 0 Å². The summed E-state index contributed by atoms with van der Waals surface area (Å²) >= 11 is 6.73. The lowest BCUT2D eigenvalue weighted by Crippen LogP contribution is -1.95. The highest BCUT2D eigenvalue weighted by Gasteiger charge is 2.08. The van der Waals surface area contributed by atoms with Crippen LogP contribution in [0.3, 0.4) is 0 Å². The van der Waals surface area contributed by atoms with Crippen molar-refractivity contribution in [3.8, 4) is 0 Å². The van der Waals surface area contributed by atoms with Crippen LogP contribution in [0, 0.1) is 0 Å². The summed E-state index contributed by atoms with van der Waals surface area (Å²) in [5, 5.41) is 0. The third-order valence-corrected chi connectivity index (χ3v) is 3.05. The van der Waals surface area contributed by atoms with Crippen molar-refractivity contribution >= 4 is 31.9 Å². The Morgan fingerprint density at radius 3 is 1.90 bits per heavy atom. The maximum absolute atomic E-state index is 3.36. The minimum absolute atomic E-state index is 1.15. The Kier molecular flexibility index (Phi) is 3.71. The van der Waals surface area contributed by atoms with Gasteiger partial charge in [-0.05, 0) is 35.7 Å². The van der Waals surface area contributed by atoms with Crippen LogP contribution in [-0.2, 0) is 0 Å². The van der Waals surface area contributed by atoms with Crippen LogP contribution in [0.25, 0.3) is 0 Å².